The van der Waals surface area contributed by atoms with E-state index in [0.717, 1.165) is 19.5 Å². The predicted molar refractivity (Wildman–Crippen MR) is 91.7 cm³/mol. The summed E-state index contributed by atoms with van der Waals surface area (Å²) in [5, 5.41) is 10.0. The van der Waals surface area contributed by atoms with Crippen molar-refractivity contribution in [1.29, 1.82) is 5.41 Å². The molecule has 0 bridgehead atoms. The highest BCUT2D eigenvalue weighted by atomic mass is 35.5. The number of nitrogens with zero attached hydrogens (tertiary/aromatic N) is 3. The molecule has 6 nitrogen and oxygen atoms in total. The zero-order valence-corrected chi connectivity index (χ0v) is 14.9. The van der Waals surface area contributed by atoms with Gasteiger partial charge in [0.1, 0.15) is 0 Å². The molecule has 122 valence electrons. The summed E-state index contributed by atoms with van der Waals surface area (Å²) in [5.41, 5.74) is 5.30. The Hall–Kier alpha value is -0.880. The van der Waals surface area contributed by atoms with Gasteiger partial charge < -0.3 is 11.1 Å². The molecule has 0 spiro atoms. The lowest BCUT2D eigenvalue weighted by atomic mass is 10.3. The van der Waals surface area contributed by atoms with E-state index in [2.05, 4.69) is 26.6 Å². The van der Waals surface area contributed by atoms with Crippen LogP contribution in [0.4, 0.5) is 0 Å². The number of hydrogen-bond donors (Lipinski definition) is 3. The molecule has 4 N–H and O–H groups in total. The molecule has 0 aliphatic carbocycles. The topological polar surface area (TPSA) is 71.4 Å². The summed E-state index contributed by atoms with van der Waals surface area (Å²) in [6.45, 7) is 4.73. The minimum Gasteiger partial charge on any atom is -0.370 e. The summed E-state index contributed by atoms with van der Waals surface area (Å²) in [4.78, 5) is 4.43. The minimum atomic E-state index is 0. The van der Waals surface area contributed by atoms with Gasteiger partial charge in [0.25, 0.3) is 0 Å². The summed E-state index contributed by atoms with van der Waals surface area (Å²) in [6.07, 6.45) is 2.33. The van der Waals surface area contributed by atoms with Crippen LogP contribution in [0, 0.1) is 5.41 Å². The zero-order valence-electron chi connectivity index (χ0n) is 13.3. The fourth-order valence-electron chi connectivity index (χ4n) is 1.95. The second-order valence-electron chi connectivity index (χ2n) is 4.77. The first-order chi connectivity index (χ1) is 8.40. The van der Waals surface area contributed by atoms with Crippen LogP contribution in [0.5, 0.6) is 0 Å². The van der Waals surface area contributed by atoms with Gasteiger partial charge >= 0.3 is 5.96 Å². The first-order valence-electron chi connectivity index (χ1n) is 6.44. The van der Waals surface area contributed by atoms with E-state index < -0.39 is 0 Å². The number of nitrogens with one attached hydrogen (secondary N) is 2. The molecule has 0 radical (unpaired) electrons. The van der Waals surface area contributed by atoms with Gasteiger partial charge in [-0.1, -0.05) is 13.3 Å². The van der Waals surface area contributed by atoms with E-state index in [4.69, 9.17) is 11.1 Å². The molecule has 0 aromatic rings. The molecule has 0 heterocycles. The molecule has 0 aromatic heterocycles. The molecule has 0 amide bonds. The molecule has 0 fully saturated rings. The average molecular weight is 330 g/mol. The maximum atomic E-state index is 7.17. The van der Waals surface area contributed by atoms with Gasteiger partial charge in [-0.3, -0.25) is 19.8 Å². The third-order valence-electron chi connectivity index (χ3n) is 2.56. The van der Waals surface area contributed by atoms with E-state index in [1.807, 2.05) is 28.2 Å². The van der Waals surface area contributed by atoms with Gasteiger partial charge in [0.05, 0.1) is 41.3 Å². The van der Waals surface area contributed by atoms with Crippen molar-refractivity contribution in [3.05, 3.63) is 0 Å². The highest BCUT2D eigenvalue weighted by Crippen LogP contribution is 1.99. The lowest BCUT2D eigenvalue weighted by Crippen LogP contribution is -2.48. The number of hydrogen-bond acceptors (Lipinski definition) is 1. The van der Waals surface area contributed by atoms with Gasteiger partial charge in [0.15, 0.2) is 5.96 Å². The Morgan fingerprint density at radius 2 is 1.75 bits per heavy atom. The molecule has 0 unspecified atom stereocenters. The maximum Gasteiger partial charge on any atom is 0.349 e. The Morgan fingerprint density at radius 1 is 1.20 bits per heavy atom. The highest BCUT2D eigenvalue weighted by Gasteiger charge is 2.21. The monoisotopic (exact) mass is 329 g/mol. The number of halogens is 2. The van der Waals surface area contributed by atoms with Crippen molar-refractivity contribution in [3.63, 3.8) is 0 Å². The summed E-state index contributed by atoms with van der Waals surface area (Å²) < 4.78 is 2.11. The fourth-order valence-corrected chi connectivity index (χ4v) is 1.95. The van der Waals surface area contributed by atoms with Crippen LogP contribution >= 0.6 is 24.8 Å². The van der Waals surface area contributed by atoms with Crippen molar-refractivity contribution in [2.75, 3.05) is 47.8 Å². The number of unbranched alkanes of at least 4 members (excludes halogenated alkanes) is 1. The molecular weight excluding hydrogens is 299 g/mol. The Bertz CT molecular complexity index is 290. The van der Waals surface area contributed by atoms with Crippen molar-refractivity contribution in [1.82, 2.24) is 15.1 Å². The predicted octanol–water partition coefficient (Wildman–Crippen LogP) is 0.605. The molecule has 0 aliphatic heterocycles. The van der Waals surface area contributed by atoms with E-state index in [1.54, 1.807) is 0 Å². The van der Waals surface area contributed by atoms with Crippen molar-refractivity contribution < 1.29 is 4.58 Å². The van der Waals surface area contributed by atoms with Crippen LogP contribution in [0.3, 0.4) is 0 Å². The van der Waals surface area contributed by atoms with Gasteiger partial charge in [0, 0.05) is 6.54 Å². The average Bonchev–Trinajstić information content (AvgIpc) is 2.23. The molecule has 0 aromatic carbocycles. The van der Waals surface area contributed by atoms with E-state index >= 15 is 0 Å². The third-order valence-corrected chi connectivity index (χ3v) is 2.56. The zero-order chi connectivity index (χ0) is 14.1. The van der Waals surface area contributed by atoms with E-state index in [1.165, 1.54) is 12.4 Å². The summed E-state index contributed by atoms with van der Waals surface area (Å²) in [7, 11) is 8.19. The van der Waals surface area contributed by atoms with Crippen molar-refractivity contribution >= 4 is 36.7 Å². The van der Waals surface area contributed by atoms with Crippen molar-refractivity contribution in [2.45, 2.75) is 19.8 Å². The Morgan fingerprint density at radius 3 is 2.10 bits per heavy atom. The molecule has 20 heavy (non-hydrogen) atoms. The summed E-state index contributed by atoms with van der Waals surface area (Å²) in [5.74, 6) is 1.20. The Balaban J connectivity index is -0.00000144. The van der Waals surface area contributed by atoms with Crippen LogP contribution in [-0.2, 0) is 0 Å². The molecule has 8 heteroatoms. The third kappa shape index (κ3) is 9.97. The molecule has 0 saturated carbocycles. The lowest BCUT2D eigenvalue weighted by Gasteiger charge is -2.25. The van der Waals surface area contributed by atoms with Gasteiger partial charge in [-0.25, -0.2) is 0 Å². The standard InChI is InChI=1S/C12H29N6.2ClH/c1-6-7-9-18(10-8-15-11(13)14)12(16(2)3)17(4)5;;/h6-10H2,1-5H3,(H4,13,14,15);2*1H/q+1;;. The first kappa shape index (κ1) is 24.2. The van der Waals surface area contributed by atoms with E-state index in [0.29, 0.717) is 6.54 Å². The maximum absolute atomic E-state index is 7.17. The van der Waals surface area contributed by atoms with Crippen LogP contribution in [0.2, 0.25) is 0 Å². The van der Waals surface area contributed by atoms with Crippen molar-refractivity contribution in [2.24, 2.45) is 5.73 Å². The van der Waals surface area contributed by atoms with Crippen molar-refractivity contribution in [3.8, 4) is 0 Å². The smallest absolute Gasteiger partial charge is 0.349 e. The largest absolute Gasteiger partial charge is 0.370 e. The number of nitrogens with two attached hydrogens (primary N) is 1. The van der Waals surface area contributed by atoms with Crippen LogP contribution in [0.15, 0.2) is 0 Å². The van der Waals surface area contributed by atoms with E-state index in [9.17, 15) is 0 Å². The van der Waals surface area contributed by atoms with Gasteiger partial charge in [-0.2, -0.15) is 0 Å². The second kappa shape index (κ2) is 13.1. The summed E-state index contributed by atoms with van der Waals surface area (Å²) in [6, 6.07) is 0. The number of guanidine groups is 2. The molecule has 0 rings (SSSR count). The molecule has 0 atom stereocenters. The number of rotatable bonds is 6. The van der Waals surface area contributed by atoms with Crippen LogP contribution in [0.25, 0.3) is 0 Å². The summed E-state index contributed by atoms with van der Waals surface area (Å²) >= 11 is 0. The molecular formula is C12H31Cl2N6+. The van der Waals surface area contributed by atoms with Gasteiger partial charge in [-0.05, 0) is 6.42 Å². The molecule has 0 aliphatic rings. The normalized spacial score (nSPS) is 8.85. The van der Waals surface area contributed by atoms with Gasteiger partial charge in [-0.15, -0.1) is 24.8 Å². The van der Waals surface area contributed by atoms with Crippen LogP contribution < -0.4 is 11.1 Å². The highest BCUT2D eigenvalue weighted by molar-refractivity contribution is 5.85. The second-order valence-corrected chi connectivity index (χ2v) is 4.77. The van der Waals surface area contributed by atoms with E-state index in [-0.39, 0.29) is 30.8 Å². The Kier molecular flexibility index (Phi) is 15.8. The fraction of sp³-hybridized carbons (Fsp3) is 0.833. The molecule has 0 saturated heterocycles. The Labute approximate surface area is 135 Å². The first-order valence-corrected chi connectivity index (χ1v) is 6.44. The van der Waals surface area contributed by atoms with Crippen LogP contribution in [0.1, 0.15) is 19.8 Å². The minimum absolute atomic E-state index is 0. The quantitative estimate of drug-likeness (QED) is 0.379. The van der Waals surface area contributed by atoms with Gasteiger partial charge in [0.2, 0.25) is 0 Å². The lowest BCUT2D eigenvalue weighted by molar-refractivity contribution is -0.476. The SMILES string of the molecule is CCCCN(CCNC(=N)N)C(N(C)C)=[N+](C)C.Cl.Cl. The van der Waals surface area contributed by atoms with Crippen LogP contribution in [-0.4, -0.2) is 74.1 Å².